The van der Waals surface area contributed by atoms with Gasteiger partial charge in [-0.2, -0.15) is 0 Å². The number of rotatable bonds is 3. The summed E-state index contributed by atoms with van der Waals surface area (Å²) < 4.78 is 5.30. The second-order valence-electron chi connectivity index (χ2n) is 5.44. The number of nitrogens with one attached hydrogen (secondary N) is 1. The molecule has 2 heterocycles. The van der Waals surface area contributed by atoms with E-state index in [0.29, 0.717) is 29.1 Å². The molecule has 1 aliphatic rings. The van der Waals surface area contributed by atoms with Crippen LogP contribution in [0.5, 0.6) is 0 Å². The predicted molar refractivity (Wildman–Crippen MR) is 84.9 cm³/mol. The number of carbonyl (C=O) groups is 1. The van der Waals surface area contributed by atoms with E-state index in [4.69, 9.17) is 16.1 Å². The molecule has 1 fully saturated rings. The summed E-state index contributed by atoms with van der Waals surface area (Å²) in [5.41, 5.74) is 1.06. The molecule has 6 heteroatoms. The maximum atomic E-state index is 12.5. The molecule has 1 atom stereocenters. The molecule has 1 aromatic carbocycles. The topological polar surface area (TPSA) is 58.4 Å². The first-order valence-corrected chi connectivity index (χ1v) is 7.75. The Labute approximate surface area is 134 Å². The minimum atomic E-state index is -0.0954. The molecule has 3 rings (SSSR count). The number of amides is 1. The Balaban J connectivity index is 1.79. The minimum absolute atomic E-state index is 0.0954. The molecule has 1 saturated heterocycles. The number of likely N-dealkylation sites (tertiary alicyclic amines) is 1. The number of hydrogen-bond acceptors (Lipinski definition) is 4. The van der Waals surface area contributed by atoms with Crippen molar-refractivity contribution in [2.75, 3.05) is 20.1 Å². The molecule has 0 bridgehead atoms. The SMILES string of the molecule is CNC1CCCN(C(=O)c2cc(-c3ccccc3Cl)on2)C1. The largest absolute Gasteiger partial charge is 0.355 e. The Morgan fingerprint density at radius 1 is 1.45 bits per heavy atom. The number of aromatic nitrogens is 1. The molecule has 0 spiro atoms. The summed E-state index contributed by atoms with van der Waals surface area (Å²) in [4.78, 5) is 14.4. The first-order chi connectivity index (χ1) is 10.7. The molecule has 0 aliphatic carbocycles. The van der Waals surface area contributed by atoms with Crippen molar-refractivity contribution in [1.82, 2.24) is 15.4 Å². The van der Waals surface area contributed by atoms with Gasteiger partial charge in [-0.05, 0) is 32.0 Å². The number of halogens is 1. The van der Waals surface area contributed by atoms with Gasteiger partial charge in [-0.1, -0.05) is 28.9 Å². The smallest absolute Gasteiger partial charge is 0.276 e. The van der Waals surface area contributed by atoms with Crippen LogP contribution in [0, 0.1) is 0 Å². The van der Waals surface area contributed by atoms with E-state index < -0.39 is 0 Å². The van der Waals surface area contributed by atoms with E-state index in [1.54, 1.807) is 12.1 Å². The quantitative estimate of drug-likeness (QED) is 0.945. The van der Waals surface area contributed by atoms with Crippen LogP contribution in [0.4, 0.5) is 0 Å². The van der Waals surface area contributed by atoms with Crippen LogP contribution in [0.15, 0.2) is 34.9 Å². The summed E-state index contributed by atoms with van der Waals surface area (Å²) >= 11 is 6.14. The van der Waals surface area contributed by atoms with Crippen LogP contribution in [0.25, 0.3) is 11.3 Å². The molecule has 1 amide bonds. The fourth-order valence-electron chi connectivity index (χ4n) is 2.72. The summed E-state index contributed by atoms with van der Waals surface area (Å²) in [5.74, 6) is 0.415. The number of piperidine rings is 1. The second-order valence-corrected chi connectivity index (χ2v) is 5.84. The normalized spacial score (nSPS) is 18.5. The average molecular weight is 320 g/mol. The van der Waals surface area contributed by atoms with E-state index in [2.05, 4.69) is 10.5 Å². The molecule has 22 heavy (non-hydrogen) atoms. The van der Waals surface area contributed by atoms with Crippen LogP contribution in [0.1, 0.15) is 23.3 Å². The monoisotopic (exact) mass is 319 g/mol. The first kappa shape index (κ1) is 15.1. The molecule has 116 valence electrons. The third-order valence-corrected chi connectivity index (χ3v) is 4.32. The van der Waals surface area contributed by atoms with Crippen LogP contribution in [-0.4, -0.2) is 42.1 Å². The van der Waals surface area contributed by atoms with E-state index in [1.165, 1.54) is 0 Å². The van der Waals surface area contributed by atoms with Gasteiger partial charge in [0.15, 0.2) is 11.5 Å². The van der Waals surface area contributed by atoms with E-state index >= 15 is 0 Å². The van der Waals surface area contributed by atoms with E-state index in [1.807, 2.05) is 30.1 Å². The Hall–Kier alpha value is -1.85. The van der Waals surface area contributed by atoms with Crippen LogP contribution < -0.4 is 5.32 Å². The number of carbonyl (C=O) groups excluding carboxylic acids is 1. The molecule has 1 aromatic heterocycles. The molecular weight excluding hydrogens is 302 g/mol. The van der Waals surface area contributed by atoms with Gasteiger partial charge in [0.1, 0.15) is 0 Å². The van der Waals surface area contributed by atoms with Gasteiger partial charge in [0.25, 0.3) is 5.91 Å². The van der Waals surface area contributed by atoms with Crippen LogP contribution in [0.2, 0.25) is 5.02 Å². The zero-order valence-electron chi connectivity index (χ0n) is 12.4. The Bertz CT molecular complexity index is 671. The van der Waals surface area contributed by atoms with Crippen molar-refractivity contribution >= 4 is 17.5 Å². The lowest BCUT2D eigenvalue weighted by molar-refractivity contribution is 0.0688. The van der Waals surface area contributed by atoms with Gasteiger partial charge in [-0.25, -0.2) is 0 Å². The van der Waals surface area contributed by atoms with Crippen LogP contribution >= 0.6 is 11.6 Å². The molecule has 1 N–H and O–H groups in total. The van der Waals surface area contributed by atoms with Gasteiger partial charge in [0.2, 0.25) is 0 Å². The van der Waals surface area contributed by atoms with E-state index in [9.17, 15) is 4.79 Å². The summed E-state index contributed by atoms with van der Waals surface area (Å²) in [6.45, 7) is 1.45. The Morgan fingerprint density at radius 2 is 2.27 bits per heavy atom. The molecule has 0 radical (unpaired) electrons. The molecule has 1 unspecified atom stereocenters. The Morgan fingerprint density at radius 3 is 3.05 bits per heavy atom. The average Bonchev–Trinajstić information content (AvgIpc) is 3.04. The van der Waals surface area contributed by atoms with Crippen LogP contribution in [0.3, 0.4) is 0 Å². The third-order valence-electron chi connectivity index (χ3n) is 3.99. The highest BCUT2D eigenvalue weighted by Gasteiger charge is 2.26. The molecule has 5 nitrogen and oxygen atoms in total. The lowest BCUT2D eigenvalue weighted by atomic mass is 10.1. The maximum Gasteiger partial charge on any atom is 0.276 e. The third kappa shape index (κ3) is 3.00. The summed E-state index contributed by atoms with van der Waals surface area (Å²) in [6.07, 6.45) is 2.08. The van der Waals surface area contributed by atoms with Crippen molar-refractivity contribution in [3.63, 3.8) is 0 Å². The fourth-order valence-corrected chi connectivity index (χ4v) is 2.95. The van der Waals surface area contributed by atoms with Crippen molar-refractivity contribution in [2.45, 2.75) is 18.9 Å². The first-order valence-electron chi connectivity index (χ1n) is 7.37. The standard InChI is InChI=1S/C16H18ClN3O2/c1-18-11-5-4-8-20(10-11)16(21)14-9-15(22-19-14)12-6-2-3-7-13(12)17/h2-3,6-7,9,11,18H,4-5,8,10H2,1H3. The van der Waals surface area contributed by atoms with Crippen molar-refractivity contribution < 1.29 is 9.32 Å². The van der Waals surface area contributed by atoms with Gasteiger partial charge in [-0.3, -0.25) is 4.79 Å². The zero-order valence-corrected chi connectivity index (χ0v) is 13.1. The second kappa shape index (κ2) is 6.50. The van der Waals surface area contributed by atoms with Crippen molar-refractivity contribution in [2.24, 2.45) is 0 Å². The summed E-state index contributed by atoms with van der Waals surface area (Å²) in [7, 11) is 1.92. The van der Waals surface area contributed by atoms with E-state index in [0.717, 1.165) is 24.9 Å². The van der Waals surface area contributed by atoms with Crippen molar-refractivity contribution in [3.05, 3.63) is 41.0 Å². The highest BCUT2D eigenvalue weighted by atomic mass is 35.5. The van der Waals surface area contributed by atoms with Crippen molar-refractivity contribution in [3.8, 4) is 11.3 Å². The predicted octanol–water partition coefficient (Wildman–Crippen LogP) is 2.82. The van der Waals surface area contributed by atoms with Gasteiger partial charge >= 0.3 is 0 Å². The number of hydrogen-bond donors (Lipinski definition) is 1. The maximum absolute atomic E-state index is 12.5. The molecule has 2 aromatic rings. The summed E-state index contributed by atoms with van der Waals surface area (Å²) in [6, 6.07) is 9.34. The van der Waals surface area contributed by atoms with Gasteiger partial charge < -0.3 is 14.7 Å². The number of benzene rings is 1. The fraction of sp³-hybridized carbons (Fsp3) is 0.375. The van der Waals surface area contributed by atoms with Crippen molar-refractivity contribution in [1.29, 1.82) is 0 Å². The zero-order chi connectivity index (χ0) is 15.5. The van der Waals surface area contributed by atoms with Gasteiger partial charge in [-0.15, -0.1) is 0 Å². The lowest BCUT2D eigenvalue weighted by Crippen LogP contribution is -2.47. The molecule has 1 aliphatic heterocycles. The lowest BCUT2D eigenvalue weighted by Gasteiger charge is -2.31. The molecular formula is C16H18ClN3O2. The molecule has 0 saturated carbocycles. The summed E-state index contributed by atoms with van der Waals surface area (Å²) in [5, 5.41) is 7.71. The number of nitrogens with zero attached hydrogens (tertiary/aromatic N) is 2. The van der Waals surface area contributed by atoms with Gasteiger partial charge in [0, 0.05) is 30.8 Å². The highest BCUT2D eigenvalue weighted by molar-refractivity contribution is 6.33. The van der Waals surface area contributed by atoms with Crippen LogP contribution in [-0.2, 0) is 0 Å². The van der Waals surface area contributed by atoms with E-state index in [-0.39, 0.29) is 5.91 Å². The minimum Gasteiger partial charge on any atom is -0.355 e. The number of likely N-dealkylation sites (N-methyl/N-ethyl adjacent to an activating group) is 1. The highest BCUT2D eigenvalue weighted by Crippen LogP contribution is 2.28. The Kier molecular flexibility index (Phi) is 4.45. The van der Waals surface area contributed by atoms with Gasteiger partial charge in [0.05, 0.1) is 5.02 Å².